The number of unbranched alkanes of at least 4 members (excludes halogenated alkanes) is 1. The van der Waals surface area contributed by atoms with E-state index in [0.717, 1.165) is 12.8 Å². The number of carboxylic acid groups (broad SMARTS) is 1. The van der Waals surface area contributed by atoms with Crippen LogP contribution in [0, 0.1) is 5.41 Å². The number of rotatable bonds is 9. The molecule has 0 radical (unpaired) electrons. The van der Waals surface area contributed by atoms with Crippen molar-refractivity contribution in [3.05, 3.63) is 0 Å². The van der Waals surface area contributed by atoms with Crippen molar-refractivity contribution in [2.24, 2.45) is 11.1 Å². The standard InChI is InChI=1S/C14H29N3O3/c1-14(2,3)9-10(15)12(18)17-8-6-5-7-11(16-4)13(19)20/h10-11,16H,5-9,15H2,1-4H3,(H,17,18)(H,19,20)/t10-,11+/m1/s1. The second-order valence-electron chi connectivity index (χ2n) is 6.34. The van der Waals surface area contributed by atoms with Crippen molar-refractivity contribution in [3.63, 3.8) is 0 Å². The van der Waals surface area contributed by atoms with Crippen molar-refractivity contribution >= 4 is 11.9 Å². The van der Waals surface area contributed by atoms with Crippen LogP contribution in [0.5, 0.6) is 0 Å². The summed E-state index contributed by atoms with van der Waals surface area (Å²) in [4.78, 5) is 22.5. The van der Waals surface area contributed by atoms with Crippen LogP contribution in [0.1, 0.15) is 46.5 Å². The molecule has 0 aliphatic rings. The summed E-state index contributed by atoms with van der Waals surface area (Å²) in [6.45, 7) is 6.67. The zero-order valence-corrected chi connectivity index (χ0v) is 13.0. The van der Waals surface area contributed by atoms with E-state index in [1.165, 1.54) is 0 Å². The van der Waals surface area contributed by atoms with Crippen molar-refractivity contribution in [2.75, 3.05) is 13.6 Å². The number of hydrogen-bond donors (Lipinski definition) is 4. The lowest BCUT2D eigenvalue weighted by atomic mass is 9.88. The summed E-state index contributed by atoms with van der Waals surface area (Å²) in [7, 11) is 1.63. The molecule has 0 saturated carbocycles. The Morgan fingerprint density at radius 1 is 1.25 bits per heavy atom. The number of aliphatic carboxylic acids is 1. The lowest BCUT2D eigenvalue weighted by Crippen LogP contribution is -2.43. The quantitative estimate of drug-likeness (QED) is 0.467. The van der Waals surface area contributed by atoms with E-state index in [2.05, 4.69) is 10.6 Å². The van der Waals surface area contributed by atoms with E-state index in [-0.39, 0.29) is 11.3 Å². The molecular weight excluding hydrogens is 258 g/mol. The number of likely N-dealkylation sites (N-methyl/N-ethyl adjacent to an activating group) is 1. The Morgan fingerprint density at radius 2 is 1.85 bits per heavy atom. The van der Waals surface area contributed by atoms with Gasteiger partial charge < -0.3 is 21.5 Å². The van der Waals surface area contributed by atoms with Crippen molar-refractivity contribution in [1.29, 1.82) is 0 Å². The molecule has 0 aliphatic heterocycles. The lowest BCUT2D eigenvalue weighted by molar-refractivity contribution is -0.139. The third kappa shape index (κ3) is 8.87. The smallest absolute Gasteiger partial charge is 0.320 e. The van der Waals surface area contributed by atoms with Crippen molar-refractivity contribution in [3.8, 4) is 0 Å². The van der Waals surface area contributed by atoms with E-state index in [1.807, 2.05) is 20.8 Å². The van der Waals surface area contributed by atoms with E-state index in [1.54, 1.807) is 7.05 Å². The molecule has 1 amide bonds. The maximum Gasteiger partial charge on any atom is 0.320 e. The number of nitrogens with two attached hydrogens (primary N) is 1. The average Bonchev–Trinajstić information content (AvgIpc) is 2.30. The van der Waals surface area contributed by atoms with Gasteiger partial charge in [0.1, 0.15) is 6.04 Å². The first-order chi connectivity index (χ1) is 9.17. The second kappa shape index (κ2) is 8.92. The number of nitrogens with one attached hydrogen (secondary N) is 2. The molecule has 0 fully saturated rings. The van der Waals surface area contributed by atoms with Crippen molar-refractivity contribution in [1.82, 2.24) is 10.6 Å². The predicted molar refractivity (Wildman–Crippen MR) is 79.4 cm³/mol. The average molecular weight is 287 g/mol. The summed E-state index contributed by atoms with van der Waals surface area (Å²) in [5.41, 5.74) is 5.85. The minimum atomic E-state index is -0.844. The number of hydrogen-bond acceptors (Lipinski definition) is 4. The Kier molecular flexibility index (Phi) is 8.41. The molecule has 118 valence electrons. The largest absolute Gasteiger partial charge is 0.480 e. The zero-order valence-electron chi connectivity index (χ0n) is 13.0. The van der Waals surface area contributed by atoms with Gasteiger partial charge in [-0.25, -0.2) is 0 Å². The topological polar surface area (TPSA) is 104 Å². The molecule has 0 aromatic heterocycles. The van der Waals surface area contributed by atoms with Gasteiger partial charge >= 0.3 is 5.97 Å². The van der Waals surface area contributed by atoms with Gasteiger partial charge in [-0.05, 0) is 38.1 Å². The molecule has 20 heavy (non-hydrogen) atoms. The molecule has 0 aromatic rings. The summed E-state index contributed by atoms with van der Waals surface area (Å²) in [5, 5.41) is 14.4. The molecule has 0 saturated heterocycles. The highest BCUT2D eigenvalue weighted by Gasteiger charge is 2.21. The van der Waals surface area contributed by atoms with Gasteiger partial charge in [-0.15, -0.1) is 0 Å². The third-order valence-electron chi connectivity index (χ3n) is 3.03. The predicted octanol–water partition coefficient (Wildman–Crippen LogP) is 0.709. The first kappa shape index (κ1) is 18.9. The van der Waals surface area contributed by atoms with Crippen molar-refractivity contribution < 1.29 is 14.7 Å². The minimum Gasteiger partial charge on any atom is -0.480 e. The monoisotopic (exact) mass is 287 g/mol. The number of carbonyl (C=O) groups is 2. The fourth-order valence-corrected chi connectivity index (χ4v) is 1.96. The second-order valence-corrected chi connectivity index (χ2v) is 6.34. The van der Waals surface area contributed by atoms with Crippen LogP contribution in [-0.4, -0.2) is 42.7 Å². The van der Waals surface area contributed by atoms with Gasteiger partial charge in [0, 0.05) is 6.54 Å². The Labute approximate surface area is 121 Å². The number of carbonyl (C=O) groups excluding carboxylic acids is 1. The highest BCUT2D eigenvalue weighted by Crippen LogP contribution is 2.19. The van der Waals surface area contributed by atoms with Gasteiger partial charge in [0.25, 0.3) is 0 Å². The summed E-state index contributed by atoms with van der Waals surface area (Å²) >= 11 is 0. The van der Waals surface area contributed by atoms with Crippen LogP contribution in [0.2, 0.25) is 0 Å². The van der Waals surface area contributed by atoms with E-state index < -0.39 is 18.1 Å². The SMILES string of the molecule is CN[C@@H](CCCCNC(=O)[C@H](N)CC(C)(C)C)C(=O)O. The van der Waals surface area contributed by atoms with Gasteiger partial charge in [-0.2, -0.15) is 0 Å². The maximum absolute atomic E-state index is 11.7. The molecule has 0 bridgehead atoms. The highest BCUT2D eigenvalue weighted by atomic mass is 16.4. The van der Waals surface area contributed by atoms with Gasteiger partial charge in [0.15, 0.2) is 0 Å². The zero-order chi connectivity index (χ0) is 15.8. The van der Waals surface area contributed by atoms with Crippen LogP contribution in [0.3, 0.4) is 0 Å². The highest BCUT2D eigenvalue weighted by molar-refractivity contribution is 5.81. The summed E-state index contributed by atoms with van der Waals surface area (Å²) in [6, 6.07) is -1.01. The summed E-state index contributed by atoms with van der Waals surface area (Å²) in [6.07, 6.45) is 2.68. The normalized spacial score (nSPS) is 14.7. The first-order valence-electron chi connectivity index (χ1n) is 7.10. The minimum absolute atomic E-state index is 0.0261. The van der Waals surface area contributed by atoms with Gasteiger partial charge in [-0.1, -0.05) is 20.8 Å². The van der Waals surface area contributed by atoms with Gasteiger partial charge in [-0.3, -0.25) is 9.59 Å². The Hall–Kier alpha value is -1.14. The molecule has 0 aromatic carbocycles. The van der Waals surface area contributed by atoms with E-state index >= 15 is 0 Å². The lowest BCUT2D eigenvalue weighted by Gasteiger charge is -2.22. The molecule has 6 heteroatoms. The Bertz CT molecular complexity index is 313. The first-order valence-corrected chi connectivity index (χ1v) is 7.10. The fourth-order valence-electron chi connectivity index (χ4n) is 1.96. The van der Waals surface area contributed by atoms with Crippen LogP contribution >= 0.6 is 0 Å². The number of carboxylic acids is 1. The molecular formula is C14H29N3O3. The molecule has 0 heterocycles. The van der Waals surface area contributed by atoms with E-state index in [9.17, 15) is 9.59 Å². The van der Waals surface area contributed by atoms with Gasteiger partial charge in [0.2, 0.25) is 5.91 Å². The maximum atomic E-state index is 11.7. The molecule has 0 aliphatic carbocycles. The Balaban J connectivity index is 3.79. The molecule has 6 nitrogen and oxygen atoms in total. The van der Waals surface area contributed by atoms with Crippen LogP contribution in [-0.2, 0) is 9.59 Å². The molecule has 0 spiro atoms. The Morgan fingerprint density at radius 3 is 2.30 bits per heavy atom. The van der Waals surface area contributed by atoms with E-state index in [0.29, 0.717) is 19.4 Å². The molecule has 2 atom stereocenters. The number of amides is 1. The molecule has 5 N–H and O–H groups in total. The van der Waals surface area contributed by atoms with Crippen LogP contribution < -0.4 is 16.4 Å². The van der Waals surface area contributed by atoms with Crippen LogP contribution in [0.4, 0.5) is 0 Å². The van der Waals surface area contributed by atoms with Crippen LogP contribution in [0.25, 0.3) is 0 Å². The van der Waals surface area contributed by atoms with Crippen molar-refractivity contribution in [2.45, 2.75) is 58.5 Å². The van der Waals surface area contributed by atoms with Crippen LogP contribution in [0.15, 0.2) is 0 Å². The summed E-state index contributed by atoms with van der Waals surface area (Å²) < 4.78 is 0. The summed E-state index contributed by atoms with van der Waals surface area (Å²) in [5.74, 6) is -0.980. The van der Waals surface area contributed by atoms with Gasteiger partial charge in [0.05, 0.1) is 6.04 Å². The van der Waals surface area contributed by atoms with E-state index in [4.69, 9.17) is 10.8 Å². The molecule has 0 unspecified atom stereocenters. The third-order valence-corrected chi connectivity index (χ3v) is 3.03. The fraction of sp³-hybridized carbons (Fsp3) is 0.857. The molecule has 0 rings (SSSR count).